The molecule has 0 radical (unpaired) electrons. The van der Waals surface area contributed by atoms with E-state index in [2.05, 4.69) is 50.2 Å². The number of anilines is 1. The Hall–Kier alpha value is -2.98. The minimum Gasteiger partial charge on any atom is -0.494 e. The van der Waals surface area contributed by atoms with E-state index in [4.69, 9.17) is 19.9 Å². The van der Waals surface area contributed by atoms with Crippen molar-refractivity contribution < 1.29 is 14.2 Å². The predicted molar refractivity (Wildman–Crippen MR) is 136 cm³/mol. The van der Waals surface area contributed by atoms with E-state index in [1.807, 2.05) is 42.5 Å². The summed E-state index contributed by atoms with van der Waals surface area (Å²) in [6.45, 7) is 7.16. The van der Waals surface area contributed by atoms with Gasteiger partial charge < -0.3 is 19.9 Å². The van der Waals surface area contributed by atoms with Crippen LogP contribution in [0.4, 0.5) is 5.69 Å². The summed E-state index contributed by atoms with van der Waals surface area (Å²) < 4.78 is 17.7. The Balaban J connectivity index is 1.42. The summed E-state index contributed by atoms with van der Waals surface area (Å²) in [6.07, 6.45) is 3.00. The van der Waals surface area contributed by atoms with Gasteiger partial charge in [0.05, 0.1) is 26.4 Å². The molecule has 2 N–H and O–H groups in total. The van der Waals surface area contributed by atoms with Gasteiger partial charge in [-0.05, 0) is 72.2 Å². The van der Waals surface area contributed by atoms with Gasteiger partial charge in [-0.1, -0.05) is 56.3 Å². The fraction of sp³-hybridized carbons (Fsp3) is 0.379. The zero-order chi connectivity index (χ0) is 23.3. The Bertz CT molecular complexity index is 910. The van der Waals surface area contributed by atoms with E-state index >= 15 is 0 Å². The third-order valence-corrected chi connectivity index (χ3v) is 6.00. The molecule has 0 fully saturated rings. The lowest BCUT2D eigenvalue weighted by molar-refractivity contribution is 0.107. The Morgan fingerprint density at radius 3 is 2.06 bits per heavy atom. The molecule has 0 bridgehead atoms. The molecule has 0 aliphatic heterocycles. The number of hydrogen-bond donors (Lipinski definition) is 1. The lowest BCUT2D eigenvalue weighted by Gasteiger charge is -2.26. The van der Waals surface area contributed by atoms with E-state index in [0.29, 0.717) is 38.3 Å². The molecule has 3 aromatic carbocycles. The Kier molecular flexibility index (Phi) is 10.1. The highest BCUT2D eigenvalue weighted by molar-refractivity contribution is 5.41. The molecule has 33 heavy (non-hydrogen) atoms. The van der Waals surface area contributed by atoms with Gasteiger partial charge in [0.15, 0.2) is 0 Å². The van der Waals surface area contributed by atoms with E-state index in [1.165, 1.54) is 11.1 Å². The second-order valence-corrected chi connectivity index (χ2v) is 8.37. The number of benzene rings is 3. The summed E-state index contributed by atoms with van der Waals surface area (Å²) in [5.41, 5.74) is 9.06. The van der Waals surface area contributed by atoms with E-state index < -0.39 is 0 Å². The summed E-state index contributed by atoms with van der Waals surface area (Å²) in [5, 5.41) is 0. The van der Waals surface area contributed by atoms with Crippen molar-refractivity contribution in [1.82, 2.24) is 0 Å². The molecule has 2 atom stereocenters. The first-order valence-corrected chi connectivity index (χ1v) is 12.0. The minimum absolute atomic E-state index is 0.445. The first-order chi connectivity index (χ1) is 16.2. The number of nitrogen functional groups attached to an aromatic ring is 1. The number of nitrogens with two attached hydrogens (primary N) is 1. The molecular formula is C29H37NO3. The summed E-state index contributed by atoms with van der Waals surface area (Å²) >= 11 is 0. The van der Waals surface area contributed by atoms with E-state index in [-0.39, 0.29) is 0 Å². The molecule has 0 aromatic heterocycles. The van der Waals surface area contributed by atoms with Crippen molar-refractivity contribution in [3.05, 3.63) is 90.0 Å². The first kappa shape index (κ1) is 24.7. The number of ether oxygens (including phenoxy) is 3. The van der Waals surface area contributed by atoms with Crippen LogP contribution in [0.3, 0.4) is 0 Å². The summed E-state index contributed by atoms with van der Waals surface area (Å²) in [6, 6.07) is 26.4. The van der Waals surface area contributed by atoms with E-state index in [0.717, 1.165) is 36.4 Å². The van der Waals surface area contributed by atoms with Crippen molar-refractivity contribution in [1.29, 1.82) is 0 Å². The van der Waals surface area contributed by atoms with Crippen LogP contribution in [0.2, 0.25) is 0 Å². The van der Waals surface area contributed by atoms with Gasteiger partial charge in [-0.3, -0.25) is 0 Å². The summed E-state index contributed by atoms with van der Waals surface area (Å²) in [5.74, 6) is 2.67. The van der Waals surface area contributed by atoms with Crippen molar-refractivity contribution in [2.75, 3.05) is 25.6 Å². The van der Waals surface area contributed by atoms with Crippen LogP contribution in [0, 0.1) is 5.92 Å². The van der Waals surface area contributed by atoms with Crippen LogP contribution in [0.25, 0.3) is 0 Å². The summed E-state index contributed by atoms with van der Waals surface area (Å²) in [4.78, 5) is 0. The van der Waals surface area contributed by atoms with Crippen molar-refractivity contribution in [2.45, 2.75) is 45.6 Å². The molecule has 0 saturated carbocycles. The zero-order valence-corrected chi connectivity index (χ0v) is 19.9. The zero-order valence-electron chi connectivity index (χ0n) is 19.9. The highest BCUT2D eigenvalue weighted by atomic mass is 16.5. The van der Waals surface area contributed by atoms with Gasteiger partial charge in [0.2, 0.25) is 0 Å². The van der Waals surface area contributed by atoms with Crippen molar-refractivity contribution in [2.24, 2.45) is 5.92 Å². The molecule has 176 valence electrons. The first-order valence-electron chi connectivity index (χ1n) is 12.0. The normalized spacial score (nSPS) is 12.8. The third kappa shape index (κ3) is 8.14. The summed E-state index contributed by atoms with van der Waals surface area (Å²) in [7, 11) is 0. The fourth-order valence-electron chi connectivity index (χ4n) is 4.05. The van der Waals surface area contributed by atoms with Crippen LogP contribution in [-0.4, -0.2) is 19.8 Å². The largest absolute Gasteiger partial charge is 0.494 e. The average molecular weight is 448 g/mol. The molecule has 0 amide bonds. The minimum atomic E-state index is 0.445. The Morgan fingerprint density at radius 2 is 1.39 bits per heavy atom. The molecule has 3 aromatic rings. The van der Waals surface area contributed by atoms with Crippen LogP contribution >= 0.6 is 0 Å². The standard InChI is InChI=1S/C29H37NO3/c1-3-24(22-33-28-17-13-26(30)14-18-28)29(4-2)25-11-15-27(16-12-25)32-20-8-19-31-21-23-9-6-5-7-10-23/h5-7,9-18,24,29H,3-4,8,19-22,30H2,1-2H3. The molecule has 0 heterocycles. The molecule has 0 aliphatic rings. The molecule has 0 aliphatic carbocycles. The molecule has 2 unspecified atom stereocenters. The van der Waals surface area contributed by atoms with Crippen molar-refractivity contribution in [3.63, 3.8) is 0 Å². The smallest absolute Gasteiger partial charge is 0.119 e. The van der Waals surface area contributed by atoms with Crippen LogP contribution < -0.4 is 15.2 Å². The number of hydrogen-bond acceptors (Lipinski definition) is 4. The van der Waals surface area contributed by atoms with Crippen LogP contribution in [0.1, 0.15) is 50.2 Å². The average Bonchev–Trinajstić information content (AvgIpc) is 2.86. The highest BCUT2D eigenvalue weighted by Crippen LogP contribution is 2.32. The molecule has 0 spiro atoms. The van der Waals surface area contributed by atoms with Gasteiger partial charge in [0.1, 0.15) is 11.5 Å². The van der Waals surface area contributed by atoms with Crippen molar-refractivity contribution >= 4 is 5.69 Å². The SMILES string of the molecule is CCC(COc1ccc(N)cc1)C(CC)c1ccc(OCCCOCc2ccccc2)cc1. The van der Waals surface area contributed by atoms with Gasteiger partial charge in [-0.15, -0.1) is 0 Å². The fourth-order valence-corrected chi connectivity index (χ4v) is 4.05. The second-order valence-electron chi connectivity index (χ2n) is 8.37. The third-order valence-electron chi connectivity index (χ3n) is 6.00. The van der Waals surface area contributed by atoms with Gasteiger partial charge in [0, 0.05) is 12.1 Å². The molecule has 4 nitrogen and oxygen atoms in total. The topological polar surface area (TPSA) is 53.7 Å². The Labute approximate surface area is 198 Å². The maximum atomic E-state index is 6.06. The lowest BCUT2D eigenvalue weighted by Crippen LogP contribution is -2.19. The molecule has 3 rings (SSSR count). The lowest BCUT2D eigenvalue weighted by atomic mass is 9.83. The van der Waals surface area contributed by atoms with E-state index in [9.17, 15) is 0 Å². The quantitative estimate of drug-likeness (QED) is 0.217. The van der Waals surface area contributed by atoms with Gasteiger partial charge in [-0.25, -0.2) is 0 Å². The van der Waals surface area contributed by atoms with Gasteiger partial charge >= 0.3 is 0 Å². The molecule has 0 saturated heterocycles. The maximum absolute atomic E-state index is 6.06. The maximum Gasteiger partial charge on any atom is 0.119 e. The highest BCUT2D eigenvalue weighted by Gasteiger charge is 2.21. The van der Waals surface area contributed by atoms with E-state index in [1.54, 1.807) is 0 Å². The van der Waals surface area contributed by atoms with Gasteiger partial charge in [-0.2, -0.15) is 0 Å². The predicted octanol–water partition coefficient (Wildman–Crippen LogP) is 6.85. The van der Waals surface area contributed by atoms with Crippen molar-refractivity contribution in [3.8, 4) is 11.5 Å². The van der Waals surface area contributed by atoms with Crippen LogP contribution in [0.15, 0.2) is 78.9 Å². The molecule has 4 heteroatoms. The molecular weight excluding hydrogens is 410 g/mol. The number of rotatable bonds is 14. The second kappa shape index (κ2) is 13.5. The monoisotopic (exact) mass is 447 g/mol. The van der Waals surface area contributed by atoms with Crippen LogP contribution in [0.5, 0.6) is 11.5 Å². The van der Waals surface area contributed by atoms with Crippen LogP contribution in [-0.2, 0) is 11.3 Å². The Morgan fingerprint density at radius 1 is 0.727 bits per heavy atom. The van der Waals surface area contributed by atoms with Gasteiger partial charge in [0.25, 0.3) is 0 Å².